The first-order valence-electron chi connectivity index (χ1n) is 8.37. The number of furan rings is 1. The monoisotopic (exact) mass is 378 g/mol. The number of hydrogen-bond acceptors (Lipinski definition) is 5. The molecule has 0 radical (unpaired) electrons. The molecule has 1 N–H and O–H groups in total. The lowest BCUT2D eigenvalue weighted by Crippen LogP contribution is -2.30. The van der Waals surface area contributed by atoms with Crippen LogP contribution in [0.15, 0.2) is 46.1 Å². The quantitative estimate of drug-likeness (QED) is 0.832. The summed E-state index contributed by atoms with van der Waals surface area (Å²) in [6.07, 6.45) is 4.09. The number of ether oxygens (including phenoxy) is 1. The highest BCUT2D eigenvalue weighted by molar-refractivity contribution is 7.89. The third-order valence-electron chi connectivity index (χ3n) is 4.64. The average molecular weight is 378 g/mol. The average Bonchev–Trinajstić information content (AvgIpc) is 3.33. The Kier molecular flexibility index (Phi) is 5.33. The molecule has 2 heterocycles. The van der Waals surface area contributed by atoms with E-state index in [1.165, 1.54) is 17.7 Å². The highest BCUT2D eigenvalue weighted by Crippen LogP contribution is 2.34. The van der Waals surface area contributed by atoms with E-state index in [1.807, 2.05) is 0 Å². The molecule has 1 fully saturated rings. The topological polar surface area (TPSA) is 88.9 Å². The number of hydrogen-bond donors (Lipinski definition) is 1. The van der Waals surface area contributed by atoms with E-state index in [-0.39, 0.29) is 16.7 Å². The van der Waals surface area contributed by atoms with Crippen LogP contribution in [0.3, 0.4) is 0 Å². The summed E-state index contributed by atoms with van der Waals surface area (Å²) < 4.78 is 37.9. The molecule has 140 valence electrons. The highest BCUT2D eigenvalue weighted by atomic mass is 32.2. The number of carbonyl (C=O) groups is 1. The standard InChI is InChI=1S/C18H22N2O5S/c1-19-18(21)9-13-5-7-20(11-13)26(22,23)15-3-4-17(24-2)16(10-15)14-6-8-25-12-14/h3-4,6,8,10,12-13H,5,7,9,11H2,1-2H3,(H,19,21). The number of benzene rings is 1. The molecule has 1 aromatic carbocycles. The molecule has 1 aliphatic heterocycles. The fourth-order valence-electron chi connectivity index (χ4n) is 3.19. The van der Waals surface area contributed by atoms with E-state index in [0.717, 1.165) is 5.56 Å². The number of amides is 1. The number of nitrogens with zero attached hydrogens (tertiary/aromatic N) is 1. The van der Waals surface area contributed by atoms with Crippen LogP contribution in [0.2, 0.25) is 0 Å². The Balaban J connectivity index is 1.86. The SMILES string of the molecule is CNC(=O)CC1CCN(S(=O)(=O)c2ccc(OC)c(-c3ccoc3)c2)C1. The van der Waals surface area contributed by atoms with E-state index in [4.69, 9.17) is 9.15 Å². The Morgan fingerprint density at radius 3 is 2.85 bits per heavy atom. The second kappa shape index (κ2) is 7.51. The van der Waals surface area contributed by atoms with Gasteiger partial charge in [0.05, 0.1) is 24.5 Å². The predicted molar refractivity (Wildman–Crippen MR) is 96.2 cm³/mol. The zero-order valence-electron chi connectivity index (χ0n) is 14.8. The lowest BCUT2D eigenvalue weighted by Gasteiger charge is -2.18. The Bertz CT molecular complexity index is 877. The second-order valence-corrected chi connectivity index (χ2v) is 8.21. The van der Waals surface area contributed by atoms with Crippen molar-refractivity contribution in [3.8, 4) is 16.9 Å². The molecule has 7 nitrogen and oxygen atoms in total. The van der Waals surface area contributed by atoms with Crippen LogP contribution in [0, 0.1) is 5.92 Å². The molecule has 1 aromatic heterocycles. The first kappa shape index (κ1) is 18.5. The summed E-state index contributed by atoms with van der Waals surface area (Å²) in [5.41, 5.74) is 1.40. The summed E-state index contributed by atoms with van der Waals surface area (Å²) >= 11 is 0. The van der Waals surface area contributed by atoms with Crippen LogP contribution in [0.5, 0.6) is 5.75 Å². The summed E-state index contributed by atoms with van der Waals surface area (Å²) in [6.45, 7) is 0.764. The summed E-state index contributed by atoms with van der Waals surface area (Å²) in [7, 11) is -0.515. The van der Waals surface area contributed by atoms with Gasteiger partial charge < -0.3 is 14.5 Å². The third-order valence-corrected chi connectivity index (χ3v) is 6.50. The van der Waals surface area contributed by atoms with Crippen LogP contribution < -0.4 is 10.1 Å². The highest BCUT2D eigenvalue weighted by Gasteiger charge is 2.33. The molecule has 1 aliphatic rings. The minimum atomic E-state index is -3.64. The van der Waals surface area contributed by atoms with E-state index in [0.29, 0.717) is 37.2 Å². The van der Waals surface area contributed by atoms with Crippen molar-refractivity contribution in [1.29, 1.82) is 0 Å². The molecule has 8 heteroatoms. The van der Waals surface area contributed by atoms with Gasteiger partial charge in [0, 0.05) is 37.7 Å². The van der Waals surface area contributed by atoms with Crippen molar-refractivity contribution >= 4 is 15.9 Å². The lowest BCUT2D eigenvalue weighted by atomic mass is 10.1. The van der Waals surface area contributed by atoms with Crippen molar-refractivity contribution in [2.45, 2.75) is 17.7 Å². The van der Waals surface area contributed by atoms with Gasteiger partial charge in [0.15, 0.2) is 0 Å². The fraction of sp³-hybridized carbons (Fsp3) is 0.389. The van der Waals surface area contributed by atoms with Crippen molar-refractivity contribution in [2.75, 3.05) is 27.2 Å². The molecule has 0 spiro atoms. The van der Waals surface area contributed by atoms with E-state index in [2.05, 4.69) is 5.32 Å². The lowest BCUT2D eigenvalue weighted by molar-refractivity contribution is -0.121. The maximum atomic E-state index is 13.0. The van der Waals surface area contributed by atoms with E-state index in [1.54, 1.807) is 37.6 Å². The Morgan fingerprint density at radius 1 is 1.38 bits per heavy atom. The molecule has 0 saturated carbocycles. The van der Waals surface area contributed by atoms with Gasteiger partial charge in [0.25, 0.3) is 0 Å². The van der Waals surface area contributed by atoms with Gasteiger partial charge in [-0.25, -0.2) is 8.42 Å². The largest absolute Gasteiger partial charge is 0.496 e. The van der Waals surface area contributed by atoms with E-state index < -0.39 is 10.0 Å². The predicted octanol–water partition coefficient (Wildman–Crippen LogP) is 2.10. The molecule has 3 rings (SSSR count). The zero-order chi connectivity index (χ0) is 18.7. The number of nitrogens with one attached hydrogen (secondary N) is 1. The van der Waals surface area contributed by atoms with Crippen LogP contribution in [0.25, 0.3) is 11.1 Å². The van der Waals surface area contributed by atoms with Crippen LogP contribution >= 0.6 is 0 Å². The number of sulfonamides is 1. The van der Waals surface area contributed by atoms with Crippen LogP contribution in [0.1, 0.15) is 12.8 Å². The Morgan fingerprint density at radius 2 is 2.19 bits per heavy atom. The molecule has 0 bridgehead atoms. The van der Waals surface area contributed by atoms with Crippen molar-refractivity contribution in [2.24, 2.45) is 5.92 Å². The second-order valence-electron chi connectivity index (χ2n) is 6.27. The maximum Gasteiger partial charge on any atom is 0.243 e. The minimum Gasteiger partial charge on any atom is -0.496 e. The summed E-state index contributed by atoms with van der Waals surface area (Å²) in [5.74, 6) is 0.543. The molecule has 1 atom stereocenters. The Hall–Kier alpha value is -2.32. The van der Waals surface area contributed by atoms with Gasteiger partial charge in [-0.15, -0.1) is 0 Å². The zero-order valence-corrected chi connectivity index (χ0v) is 15.6. The third kappa shape index (κ3) is 3.61. The number of rotatable bonds is 6. The van der Waals surface area contributed by atoms with Crippen molar-refractivity contribution in [1.82, 2.24) is 9.62 Å². The molecule has 1 saturated heterocycles. The Labute approximate surface area is 153 Å². The van der Waals surface area contributed by atoms with Gasteiger partial charge in [-0.2, -0.15) is 4.31 Å². The summed E-state index contributed by atoms with van der Waals surface area (Å²) in [5, 5.41) is 2.58. The summed E-state index contributed by atoms with van der Waals surface area (Å²) in [6, 6.07) is 6.55. The molecular weight excluding hydrogens is 356 g/mol. The molecule has 1 amide bonds. The summed E-state index contributed by atoms with van der Waals surface area (Å²) in [4.78, 5) is 11.7. The minimum absolute atomic E-state index is 0.0383. The van der Waals surface area contributed by atoms with Gasteiger partial charge in [-0.05, 0) is 36.6 Å². The van der Waals surface area contributed by atoms with Gasteiger partial charge in [-0.3, -0.25) is 4.79 Å². The van der Waals surface area contributed by atoms with E-state index >= 15 is 0 Å². The van der Waals surface area contributed by atoms with Crippen molar-refractivity contribution < 1.29 is 22.4 Å². The molecule has 0 aliphatic carbocycles. The van der Waals surface area contributed by atoms with Crippen molar-refractivity contribution in [3.05, 3.63) is 36.8 Å². The van der Waals surface area contributed by atoms with Crippen LogP contribution in [-0.4, -0.2) is 45.9 Å². The van der Waals surface area contributed by atoms with Gasteiger partial charge in [0.1, 0.15) is 5.75 Å². The maximum absolute atomic E-state index is 13.0. The first-order valence-corrected chi connectivity index (χ1v) is 9.81. The smallest absolute Gasteiger partial charge is 0.243 e. The fourth-order valence-corrected chi connectivity index (χ4v) is 4.74. The van der Waals surface area contributed by atoms with Gasteiger partial charge in [0.2, 0.25) is 15.9 Å². The normalized spacial score (nSPS) is 18.0. The number of methoxy groups -OCH3 is 1. The van der Waals surface area contributed by atoms with Crippen LogP contribution in [-0.2, 0) is 14.8 Å². The van der Waals surface area contributed by atoms with Gasteiger partial charge >= 0.3 is 0 Å². The molecule has 1 unspecified atom stereocenters. The van der Waals surface area contributed by atoms with Crippen molar-refractivity contribution in [3.63, 3.8) is 0 Å². The van der Waals surface area contributed by atoms with Gasteiger partial charge in [-0.1, -0.05) is 0 Å². The number of carbonyl (C=O) groups excluding carboxylic acids is 1. The molecular formula is C18H22N2O5S. The molecule has 2 aromatic rings. The van der Waals surface area contributed by atoms with E-state index in [9.17, 15) is 13.2 Å². The first-order chi connectivity index (χ1) is 12.5. The molecule has 26 heavy (non-hydrogen) atoms. The van der Waals surface area contributed by atoms with Crippen LogP contribution in [0.4, 0.5) is 0 Å².